The molecule has 2 aromatic carbocycles. The van der Waals surface area contributed by atoms with E-state index in [1.807, 2.05) is 37.3 Å². The smallest absolute Gasteiger partial charge is 0.0992 e. The highest BCUT2D eigenvalue weighted by Crippen LogP contribution is 2.21. The molecule has 0 atom stereocenters. The molecular formula is C14H13N3. The Balaban J connectivity index is 2.25. The van der Waals surface area contributed by atoms with E-state index in [0.29, 0.717) is 5.56 Å². The maximum atomic E-state index is 8.81. The first-order valence-corrected chi connectivity index (χ1v) is 5.32. The number of nitrogens with zero attached hydrogens (tertiary/aromatic N) is 1. The Hall–Kier alpha value is -2.47. The summed E-state index contributed by atoms with van der Waals surface area (Å²) in [6.45, 7) is 1.97. The van der Waals surface area contributed by atoms with E-state index in [1.54, 1.807) is 12.1 Å². The van der Waals surface area contributed by atoms with Gasteiger partial charge in [-0.3, -0.25) is 0 Å². The van der Waals surface area contributed by atoms with Crippen LogP contribution in [-0.2, 0) is 0 Å². The van der Waals surface area contributed by atoms with Gasteiger partial charge in [0.05, 0.1) is 11.6 Å². The zero-order valence-electron chi connectivity index (χ0n) is 9.57. The predicted octanol–water partition coefficient (Wildman–Crippen LogP) is 3.19. The summed E-state index contributed by atoms with van der Waals surface area (Å²) in [4.78, 5) is 0. The first-order valence-electron chi connectivity index (χ1n) is 5.32. The zero-order chi connectivity index (χ0) is 12.3. The van der Waals surface area contributed by atoms with E-state index in [9.17, 15) is 0 Å². The van der Waals surface area contributed by atoms with Crippen LogP contribution in [0.15, 0.2) is 42.5 Å². The maximum absolute atomic E-state index is 8.81. The van der Waals surface area contributed by atoms with Crippen LogP contribution in [0.4, 0.5) is 17.1 Å². The highest BCUT2D eigenvalue weighted by atomic mass is 14.9. The van der Waals surface area contributed by atoms with Gasteiger partial charge >= 0.3 is 0 Å². The van der Waals surface area contributed by atoms with Crippen molar-refractivity contribution >= 4 is 17.1 Å². The fourth-order valence-electron chi connectivity index (χ4n) is 1.55. The summed E-state index contributed by atoms with van der Waals surface area (Å²) in [7, 11) is 0. The molecule has 0 saturated carbocycles. The molecule has 0 heterocycles. The molecule has 17 heavy (non-hydrogen) atoms. The summed E-state index contributed by atoms with van der Waals surface area (Å²) in [5.74, 6) is 0. The first kappa shape index (κ1) is 11.0. The molecular weight excluding hydrogens is 210 g/mol. The van der Waals surface area contributed by atoms with Crippen molar-refractivity contribution in [2.75, 3.05) is 11.1 Å². The second kappa shape index (κ2) is 4.58. The molecule has 0 aromatic heterocycles. The van der Waals surface area contributed by atoms with E-state index < -0.39 is 0 Å². The number of nitrogen functional groups attached to an aromatic ring is 1. The van der Waals surface area contributed by atoms with Gasteiger partial charge in [-0.2, -0.15) is 5.26 Å². The third-order valence-electron chi connectivity index (χ3n) is 2.56. The molecule has 0 fully saturated rings. The fraction of sp³-hybridized carbons (Fsp3) is 0.0714. The van der Waals surface area contributed by atoms with Gasteiger partial charge in [0.1, 0.15) is 0 Å². The van der Waals surface area contributed by atoms with Crippen LogP contribution in [0, 0.1) is 18.3 Å². The summed E-state index contributed by atoms with van der Waals surface area (Å²) >= 11 is 0. The van der Waals surface area contributed by atoms with Crippen molar-refractivity contribution in [3.05, 3.63) is 53.6 Å². The molecule has 2 rings (SSSR count). The van der Waals surface area contributed by atoms with Crippen molar-refractivity contribution in [1.29, 1.82) is 5.26 Å². The van der Waals surface area contributed by atoms with Crippen LogP contribution >= 0.6 is 0 Å². The molecule has 0 aliphatic rings. The van der Waals surface area contributed by atoms with Gasteiger partial charge in [0.25, 0.3) is 0 Å². The third kappa shape index (κ3) is 2.56. The fourth-order valence-corrected chi connectivity index (χ4v) is 1.55. The van der Waals surface area contributed by atoms with Gasteiger partial charge in [0.2, 0.25) is 0 Å². The second-order valence-electron chi connectivity index (χ2n) is 3.89. The van der Waals surface area contributed by atoms with Crippen LogP contribution in [0.5, 0.6) is 0 Å². The molecule has 0 radical (unpaired) electrons. The van der Waals surface area contributed by atoms with Crippen LogP contribution < -0.4 is 11.1 Å². The van der Waals surface area contributed by atoms with Gasteiger partial charge in [0.15, 0.2) is 0 Å². The predicted molar refractivity (Wildman–Crippen MR) is 70.0 cm³/mol. The minimum Gasteiger partial charge on any atom is -0.398 e. The average molecular weight is 223 g/mol. The van der Waals surface area contributed by atoms with Crippen LogP contribution in [0.25, 0.3) is 0 Å². The summed E-state index contributed by atoms with van der Waals surface area (Å²) < 4.78 is 0. The monoisotopic (exact) mass is 223 g/mol. The lowest BCUT2D eigenvalue weighted by Crippen LogP contribution is -1.94. The van der Waals surface area contributed by atoms with Crippen molar-refractivity contribution in [2.45, 2.75) is 6.92 Å². The highest BCUT2D eigenvalue weighted by molar-refractivity contribution is 5.66. The number of benzene rings is 2. The van der Waals surface area contributed by atoms with Crippen molar-refractivity contribution in [2.24, 2.45) is 0 Å². The number of hydrogen-bond acceptors (Lipinski definition) is 3. The van der Waals surface area contributed by atoms with Crippen molar-refractivity contribution in [1.82, 2.24) is 0 Å². The van der Waals surface area contributed by atoms with Crippen LogP contribution in [0.2, 0.25) is 0 Å². The number of hydrogen-bond donors (Lipinski definition) is 2. The molecule has 0 saturated heterocycles. The molecule has 0 spiro atoms. The molecule has 0 aliphatic heterocycles. The minimum atomic E-state index is 0.634. The molecule has 3 heteroatoms. The second-order valence-corrected chi connectivity index (χ2v) is 3.89. The van der Waals surface area contributed by atoms with Crippen LogP contribution in [-0.4, -0.2) is 0 Å². The van der Waals surface area contributed by atoms with E-state index in [4.69, 9.17) is 11.0 Å². The van der Waals surface area contributed by atoms with E-state index in [1.165, 1.54) is 0 Å². The Morgan fingerprint density at radius 1 is 1.12 bits per heavy atom. The zero-order valence-corrected chi connectivity index (χ0v) is 9.57. The Morgan fingerprint density at radius 3 is 2.59 bits per heavy atom. The van der Waals surface area contributed by atoms with Crippen molar-refractivity contribution < 1.29 is 0 Å². The molecule has 0 bridgehead atoms. The Labute approximate surface area is 101 Å². The quantitative estimate of drug-likeness (QED) is 0.768. The molecule has 0 aliphatic carbocycles. The molecule has 2 aromatic rings. The number of aryl methyl sites for hydroxylation is 1. The first-order chi connectivity index (χ1) is 8.19. The summed E-state index contributed by atoms with van der Waals surface area (Å²) in [6.07, 6.45) is 0. The lowest BCUT2D eigenvalue weighted by atomic mass is 10.1. The topological polar surface area (TPSA) is 61.8 Å². The van der Waals surface area contributed by atoms with Gasteiger partial charge in [-0.25, -0.2) is 0 Å². The van der Waals surface area contributed by atoms with Gasteiger partial charge in [-0.1, -0.05) is 12.1 Å². The lowest BCUT2D eigenvalue weighted by Gasteiger charge is -2.08. The third-order valence-corrected chi connectivity index (χ3v) is 2.56. The normalized spacial score (nSPS) is 9.65. The van der Waals surface area contributed by atoms with E-state index in [0.717, 1.165) is 22.6 Å². The number of anilines is 3. The molecule has 3 nitrogen and oxygen atoms in total. The van der Waals surface area contributed by atoms with Gasteiger partial charge in [-0.15, -0.1) is 0 Å². The van der Waals surface area contributed by atoms with Crippen LogP contribution in [0.3, 0.4) is 0 Å². The molecule has 0 unspecified atom stereocenters. The van der Waals surface area contributed by atoms with E-state index in [-0.39, 0.29) is 0 Å². The molecule has 84 valence electrons. The minimum absolute atomic E-state index is 0.634. The van der Waals surface area contributed by atoms with E-state index in [2.05, 4.69) is 11.4 Å². The lowest BCUT2D eigenvalue weighted by molar-refractivity contribution is 1.44. The summed E-state index contributed by atoms with van der Waals surface area (Å²) in [5, 5.41) is 12.0. The largest absolute Gasteiger partial charge is 0.398 e. The Bertz CT molecular complexity index is 582. The summed E-state index contributed by atoms with van der Waals surface area (Å²) in [5.41, 5.74) is 10.1. The maximum Gasteiger partial charge on any atom is 0.0992 e. The molecule has 3 N–H and O–H groups in total. The van der Waals surface area contributed by atoms with Crippen molar-refractivity contribution in [3.8, 4) is 6.07 Å². The highest BCUT2D eigenvalue weighted by Gasteiger charge is 1.98. The number of nitrogens with two attached hydrogens (primary N) is 1. The SMILES string of the molecule is Cc1ccc(Nc2cccc(C#N)c2)cc1N. The summed E-state index contributed by atoms with van der Waals surface area (Å²) in [6, 6.07) is 15.3. The number of rotatable bonds is 2. The molecule has 0 amide bonds. The van der Waals surface area contributed by atoms with Gasteiger partial charge in [-0.05, 0) is 42.8 Å². The van der Waals surface area contributed by atoms with Crippen LogP contribution in [0.1, 0.15) is 11.1 Å². The Kier molecular flexibility index (Phi) is 2.97. The number of nitriles is 1. The van der Waals surface area contributed by atoms with E-state index >= 15 is 0 Å². The number of nitrogens with one attached hydrogen (secondary N) is 1. The van der Waals surface area contributed by atoms with Crippen molar-refractivity contribution in [3.63, 3.8) is 0 Å². The Morgan fingerprint density at radius 2 is 1.88 bits per heavy atom. The average Bonchev–Trinajstić information content (AvgIpc) is 2.34. The van der Waals surface area contributed by atoms with Gasteiger partial charge < -0.3 is 11.1 Å². The van der Waals surface area contributed by atoms with Gasteiger partial charge in [0, 0.05) is 17.1 Å². The standard InChI is InChI=1S/C14H13N3/c1-10-5-6-13(8-14(10)16)17-12-4-2-3-11(7-12)9-15/h2-8,17H,16H2,1H3.